The van der Waals surface area contributed by atoms with Crippen molar-refractivity contribution in [3.8, 4) is 12.3 Å². The van der Waals surface area contributed by atoms with Gasteiger partial charge in [0.1, 0.15) is 5.52 Å². The molecule has 0 fully saturated rings. The lowest BCUT2D eigenvalue weighted by molar-refractivity contribution is -0.111. The van der Waals surface area contributed by atoms with Gasteiger partial charge in [0.25, 0.3) is 5.91 Å². The summed E-state index contributed by atoms with van der Waals surface area (Å²) in [6, 6.07) is 14.0. The summed E-state index contributed by atoms with van der Waals surface area (Å²) in [4.78, 5) is 28.5. The zero-order chi connectivity index (χ0) is 18.4. The van der Waals surface area contributed by atoms with Crippen molar-refractivity contribution in [1.29, 1.82) is 0 Å². The van der Waals surface area contributed by atoms with Crippen LogP contribution in [0.25, 0.3) is 17.2 Å². The van der Waals surface area contributed by atoms with E-state index >= 15 is 0 Å². The maximum absolute atomic E-state index is 12.2. The fourth-order valence-electron chi connectivity index (χ4n) is 2.30. The first kappa shape index (κ1) is 17.0. The smallest absolute Gasteiger partial charge is 0.254 e. The van der Waals surface area contributed by atoms with E-state index in [1.54, 1.807) is 30.3 Å². The topological polar surface area (TPSA) is 84.2 Å². The second kappa shape index (κ2) is 7.81. The van der Waals surface area contributed by atoms with Crippen LogP contribution >= 0.6 is 0 Å². The summed E-state index contributed by atoms with van der Waals surface area (Å²) in [6.45, 7) is 0.110. The number of hydrogen-bond donors (Lipinski definition) is 2. The summed E-state index contributed by atoms with van der Waals surface area (Å²) < 4.78 is 5.51. The molecule has 0 atom stereocenters. The number of fused-ring (bicyclic) bond motifs is 1. The first-order chi connectivity index (χ1) is 12.7. The van der Waals surface area contributed by atoms with Crippen LogP contribution < -0.4 is 10.6 Å². The molecule has 0 saturated carbocycles. The number of carbonyl (C=O) groups excluding carboxylic acids is 2. The minimum Gasteiger partial charge on any atom is -0.437 e. The van der Waals surface area contributed by atoms with Crippen LogP contribution in [-0.2, 0) is 4.79 Å². The Labute approximate surface area is 149 Å². The van der Waals surface area contributed by atoms with Crippen LogP contribution in [0.4, 0.5) is 5.69 Å². The Morgan fingerprint density at radius 2 is 1.92 bits per heavy atom. The van der Waals surface area contributed by atoms with Crippen LogP contribution in [0.3, 0.4) is 0 Å². The predicted molar refractivity (Wildman–Crippen MR) is 99.3 cm³/mol. The summed E-state index contributed by atoms with van der Waals surface area (Å²) in [7, 11) is 0. The number of terminal acetylenes is 1. The molecule has 0 aliphatic heterocycles. The number of rotatable bonds is 5. The normalized spacial score (nSPS) is 10.6. The molecule has 26 heavy (non-hydrogen) atoms. The molecule has 3 aromatic rings. The van der Waals surface area contributed by atoms with Crippen molar-refractivity contribution >= 4 is 34.7 Å². The number of carbonyl (C=O) groups is 2. The molecule has 0 aliphatic carbocycles. The van der Waals surface area contributed by atoms with Crippen molar-refractivity contribution in [2.45, 2.75) is 0 Å². The Morgan fingerprint density at radius 1 is 1.15 bits per heavy atom. The highest BCUT2D eigenvalue weighted by Crippen LogP contribution is 2.17. The van der Waals surface area contributed by atoms with E-state index in [0.717, 1.165) is 0 Å². The van der Waals surface area contributed by atoms with E-state index in [2.05, 4.69) is 21.5 Å². The van der Waals surface area contributed by atoms with E-state index in [9.17, 15) is 9.59 Å². The monoisotopic (exact) mass is 345 g/mol. The largest absolute Gasteiger partial charge is 0.437 e. The summed E-state index contributed by atoms with van der Waals surface area (Å²) in [5.74, 6) is 1.88. The highest BCUT2D eigenvalue weighted by molar-refractivity contribution is 6.07. The lowest BCUT2D eigenvalue weighted by Gasteiger charge is -2.09. The van der Waals surface area contributed by atoms with Gasteiger partial charge >= 0.3 is 0 Å². The summed E-state index contributed by atoms with van der Waals surface area (Å²) in [5.41, 5.74) is 2.06. The highest BCUT2D eigenvalue weighted by atomic mass is 16.3. The number of nitrogens with one attached hydrogen (secondary N) is 2. The number of aromatic nitrogens is 1. The summed E-state index contributed by atoms with van der Waals surface area (Å²) in [5, 5.41) is 5.23. The maximum Gasteiger partial charge on any atom is 0.254 e. The molecule has 1 aromatic heterocycles. The zero-order valence-corrected chi connectivity index (χ0v) is 13.7. The molecular weight excluding hydrogens is 330 g/mol. The van der Waals surface area contributed by atoms with Gasteiger partial charge in [0, 0.05) is 12.2 Å². The summed E-state index contributed by atoms with van der Waals surface area (Å²) >= 11 is 0. The molecule has 128 valence electrons. The molecule has 0 aliphatic rings. The van der Waals surface area contributed by atoms with Crippen molar-refractivity contribution in [3.05, 3.63) is 66.1 Å². The van der Waals surface area contributed by atoms with Gasteiger partial charge in [0.15, 0.2) is 5.58 Å². The second-order valence-electron chi connectivity index (χ2n) is 5.27. The quantitative estimate of drug-likeness (QED) is 0.550. The number of amides is 2. The van der Waals surface area contributed by atoms with E-state index in [1.165, 1.54) is 12.2 Å². The number of para-hydroxylation sites is 3. The van der Waals surface area contributed by atoms with E-state index in [4.69, 9.17) is 10.8 Å². The lowest BCUT2D eigenvalue weighted by atomic mass is 10.1. The molecule has 2 aromatic carbocycles. The third kappa shape index (κ3) is 3.97. The third-order valence-corrected chi connectivity index (χ3v) is 3.47. The second-order valence-corrected chi connectivity index (χ2v) is 5.27. The van der Waals surface area contributed by atoms with Crippen LogP contribution in [0.1, 0.15) is 16.2 Å². The predicted octanol–water partition coefficient (Wildman–Crippen LogP) is 2.84. The van der Waals surface area contributed by atoms with Crippen molar-refractivity contribution in [1.82, 2.24) is 10.3 Å². The van der Waals surface area contributed by atoms with Gasteiger partial charge in [-0.25, -0.2) is 4.98 Å². The highest BCUT2D eigenvalue weighted by Gasteiger charge is 2.11. The maximum atomic E-state index is 12.2. The van der Waals surface area contributed by atoms with Gasteiger partial charge in [0.2, 0.25) is 11.8 Å². The molecule has 0 radical (unpaired) electrons. The van der Waals surface area contributed by atoms with Crippen LogP contribution in [0.2, 0.25) is 0 Å². The minimum absolute atomic E-state index is 0.110. The molecule has 0 spiro atoms. The van der Waals surface area contributed by atoms with Crippen molar-refractivity contribution < 1.29 is 14.0 Å². The molecule has 6 nitrogen and oxygen atoms in total. The average Bonchev–Trinajstić information content (AvgIpc) is 3.08. The van der Waals surface area contributed by atoms with Crippen molar-refractivity contribution in [2.24, 2.45) is 0 Å². The molecule has 0 bridgehead atoms. The lowest BCUT2D eigenvalue weighted by Crippen LogP contribution is -2.25. The third-order valence-electron chi connectivity index (χ3n) is 3.47. The number of nitrogens with zero attached hydrogens (tertiary/aromatic N) is 1. The SMILES string of the molecule is C#CCNC(=O)c1ccccc1NC(=O)/C=C/c1nc2ccccc2o1. The average molecular weight is 345 g/mol. The van der Waals surface area contributed by atoms with E-state index in [1.807, 2.05) is 18.2 Å². The molecule has 6 heteroatoms. The Balaban J connectivity index is 1.72. The molecule has 1 heterocycles. The molecule has 0 saturated heterocycles. The first-order valence-electron chi connectivity index (χ1n) is 7.82. The van der Waals surface area contributed by atoms with Gasteiger partial charge in [-0.2, -0.15) is 0 Å². The van der Waals surface area contributed by atoms with Crippen molar-refractivity contribution in [3.63, 3.8) is 0 Å². The van der Waals surface area contributed by atoms with Crippen LogP contribution in [0.5, 0.6) is 0 Å². The van der Waals surface area contributed by atoms with E-state index in [-0.39, 0.29) is 12.5 Å². The standard InChI is InChI=1S/C20H15N3O3/c1-2-13-21-20(25)14-7-3-4-8-15(14)22-18(24)11-12-19-23-16-9-5-6-10-17(16)26-19/h1,3-12H,13H2,(H,21,25)(H,22,24)/b12-11+. The van der Waals surface area contributed by atoms with Crippen LogP contribution in [0.15, 0.2) is 59.0 Å². The van der Waals surface area contributed by atoms with Gasteiger partial charge < -0.3 is 15.1 Å². The number of benzene rings is 2. The molecule has 3 rings (SSSR count). The van der Waals surface area contributed by atoms with Crippen LogP contribution in [0, 0.1) is 12.3 Å². The number of hydrogen-bond acceptors (Lipinski definition) is 4. The van der Waals surface area contributed by atoms with Gasteiger partial charge in [0.05, 0.1) is 17.8 Å². The van der Waals surface area contributed by atoms with Gasteiger partial charge in [-0.3, -0.25) is 9.59 Å². The Kier molecular flexibility index (Phi) is 5.11. The van der Waals surface area contributed by atoms with E-state index in [0.29, 0.717) is 28.2 Å². The first-order valence-corrected chi connectivity index (χ1v) is 7.82. The summed E-state index contributed by atoms with van der Waals surface area (Å²) in [6.07, 6.45) is 7.90. The van der Waals surface area contributed by atoms with Crippen LogP contribution in [-0.4, -0.2) is 23.3 Å². The molecular formula is C20H15N3O3. The molecule has 2 N–H and O–H groups in total. The fourth-order valence-corrected chi connectivity index (χ4v) is 2.30. The Morgan fingerprint density at radius 3 is 2.73 bits per heavy atom. The molecule has 2 amide bonds. The van der Waals surface area contributed by atoms with Gasteiger partial charge in [-0.1, -0.05) is 30.2 Å². The van der Waals surface area contributed by atoms with E-state index < -0.39 is 5.91 Å². The Bertz CT molecular complexity index is 995. The minimum atomic E-state index is -0.413. The van der Waals surface area contributed by atoms with Gasteiger partial charge in [-0.05, 0) is 24.3 Å². The van der Waals surface area contributed by atoms with Gasteiger partial charge in [-0.15, -0.1) is 6.42 Å². The number of anilines is 1. The zero-order valence-electron chi connectivity index (χ0n) is 13.7. The fraction of sp³-hybridized carbons (Fsp3) is 0.0500. The number of oxazole rings is 1. The Hall–Kier alpha value is -3.85. The molecule has 0 unspecified atom stereocenters. The van der Waals surface area contributed by atoms with Crippen molar-refractivity contribution in [2.75, 3.05) is 11.9 Å².